The molecule has 1 aromatic rings. The van der Waals surface area contributed by atoms with Crippen LogP contribution in [0.5, 0.6) is 11.5 Å². The summed E-state index contributed by atoms with van der Waals surface area (Å²) in [5.74, 6) is -2.56. The second-order valence-electron chi connectivity index (χ2n) is 4.34. The van der Waals surface area contributed by atoms with Crippen molar-refractivity contribution >= 4 is 11.9 Å². The number of hydrogen-bond donors (Lipinski definition) is 4. The fourth-order valence-corrected chi connectivity index (χ4v) is 1.63. The minimum atomic E-state index is -1.42. The van der Waals surface area contributed by atoms with Crippen molar-refractivity contribution in [1.29, 1.82) is 0 Å². The highest BCUT2D eigenvalue weighted by Gasteiger charge is 2.21. The third-order valence-electron chi connectivity index (χ3n) is 2.76. The Morgan fingerprint density at radius 2 is 2.09 bits per heavy atom. The average molecular weight is 310 g/mol. The van der Waals surface area contributed by atoms with Crippen LogP contribution in [0, 0.1) is 0 Å². The second-order valence-corrected chi connectivity index (χ2v) is 4.34. The number of benzene rings is 1. The Balaban J connectivity index is 2.76. The van der Waals surface area contributed by atoms with Crippen molar-refractivity contribution in [2.75, 3.05) is 13.7 Å². The lowest BCUT2D eigenvalue weighted by Gasteiger charge is -2.13. The Kier molecular flexibility index (Phi) is 6.36. The van der Waals surface area contributed by atoms with Crippen LogP contribution in [0.1, 0.15) is 5.56 Å². The molecule has 0 amide bonds. The van der Waals surface area contributed by atoms with Crippen LogP contribution < -0.4 is 16.2 Å². The molecule has 0 aliphatic carbocycles. The molecule has 1 atom stereocenters. The summed E-state index contributed by atoms with van der Waals surface area (Å²) in [6.45, 7) is -0.0938. The molecular weight excluding hydrogens is 292 g/mol. The molecule has 0 saturated heterocycles. The van der Waals surface area contributed by atoms with Gasteiger partial charge in [-0.25, -0.2) is 9.59 Å². The molecule has 0 spiro atoms. The Morgan fingerprint density at radius 1 is 1.41 bits per heavy atom. The fourth-order valence-electron chi connectivity index (χ4n) is 1.63. The van der Waals surface area contributed by atoms with Gasteiger partial charge in [-0.1, -0.05) is 6.07 Å². The van der Waals surface area contributed by atoms with Crippen LogP contribution in [0.25, 0.3) is 0 Å². The van der Waals surface area contributed by atoms with Crippen LogP contribution in [0.15, 0.2) is 30.0 Å². The Labute approximate surface area is 126 Å². The van der Waals surface area contributed by atoms with Crippen LogP contribution in [-0.4, -0.2) is 41.8 Å². The monoisotopic (exact) mass is 310 g/mol. The lowest BCUT2D eigenvalue weighted by atomic mass is 10.1. The van der Waals surface area contributed by atoms with Gasteiger partial charge in [0.15, 0.2) is 0 Å². The van der Waals surface area contributed by atoms with Gasteiger partial charge in [-0.3, -0.25) is 0 Å². The molecule has 0 aliphatic heterocycles. The lowest BCUT2D eigenvalue weighted by molar-refractivity contribution is -0.149. The van der Waals surface area contributed by atoms with Gasteiger partial charge >= 0.3 is 11.9 Å². The van der Waals surface area contributed by atoms with Crippen molar-refractivity contribution in [1.82, 2.24) is 0 Å². The standard InChI is InChI=1S/C14H18N2O6/c1-21-9-3-2-8(11(17)7-9)6-10(16)14(20)22-12(4-5-15)13(18)19/h2-4,7,10,17H,5-6,15-16H2,1H3,(H,18,19)/b12-4+. The van der Waals surface area contributed by atoms with Crippen LogP contribution in [0.4, 0.5) is 0 Å². The lowest BCUT2D eigenvalue weighted by Crippen LogP contribution is -2.35. The minimum absolute atomic E-state index is 0.0236. The van der Waals surface area contributed by atoms with E-state index >= 15 is 0 Å². The normalized spacial score (nSPS) is 12.6. The minimum Gasteiger partial charge on any atom is -0.508 e. The number of ether oxygens (including phenoxy) is 2. The highest BCUT2D eigenvalue weighted by atomic mass is 16.6. The van der Waals surface area contributed by atoms with Crippen molar-refractivity contribution in [3.63, 3.8) is 0 Å². The van der Waals surface area contributed by atoms with E-state index in [0.29, 0.717) is 11.3 Å². The van der Waals surface area contributed by atoms with E-state index in [4.69, 9.17) is 21.3 Å². The fraction of sp³-hybridized carbons (Fsp3) is 0.286. The van der Waals surface area contributed by atoms with Crippen LogP contribution >= 0.6 is 0 Å². The quantitative estimate of drug-likeness (QED) is 0.306. The molecule has 8 heteroatoms. The number of nitrogens with two attached hydrogens (primary N) is 2. The van der Waals surface area contributed by atoms with Crippen molar-refractivity contribution in [2.24, 2.45) is 11.5 Å². The SMILES string of the molecule is COc1ccc(CC(N)C(=O)O/C(=C/CN)C(=O)O)c(O)c1. The van der Waals surface area contributed by atoms with E-state index in [0.717, 1.165) is 6.08 Å². The van der Waals surface area contributed by atoms with Crippen molar-refractivity contribution in [3.05, 3.63) is 35.6 Å². The molecule has 6 N–H and O–H groups in total. The summed E-state index contributed by atoms with van der Waals surface area (Å²) in [6.07, 6.45) is 1.03. The molecule has 120 valence electrons. The number of carbonyl (C=O) groups excluding carboxylic acids is 1. The molecule has 0 radical (unpaired) electrons. The molecule has 0 aliphatic rings. The number of aromatic hydroxyl groups is 1. The molecule has 0 bridgehead atoms. The summed E-state index contributed by atoms with van der Waals surface area (Å²) in [5, 5.41) is 18.6. The topological polar surface area (TPSA) is 145 Å². The number of phenolic OH excluding ortho intramolecular Hbond substituents is 1. The molecule has 0 saturated carbocycles. The van der Waals surface area contributed by atoms with Gasteiger partial charge < -0.3 is 31.2 Å². The van der Waals surface area contributed by atoms with E-state index in [1.54, 1.807) is 12.1 Å². The molecular formula is C14H18N2O6. The molecule has 0 heterocycles. The number of carboxylic acids is 1. The molecule has 1 rings (SSSR count). The highest BCUT2D eigenvalue weighted by Crippen LogP contribution is 2.24. The number of phenols is 1. The predicted molar refractivity (Wildman–Crippen MR) is 77.2 cm³/mol. The molecule has 0 fully saturated rings. The van der Waals surface area contributed by atoms with E-state index < -0.39 is 23.7 Å². The summed E-state index contributed by atoms with van der Waals surface area (Å²) in [5.41, 5.74) is 11.3. The van der Waals surface area contributed by atoms with Gasteiger partial charge in [-0.15, -0.1) is 0 Å². The van der Waals surface area contributed by atoms with Crippen molar-refractivity contribution in [2.45, 2.75) is 12.5 Å². The summed E-state index contributed by atoms with van der Waals surface area (Å²) in [7, 11) is 1.45. The van der Waals surface area contributed by atoms with E-state index in [1.807, 2.05) is 0 Å². The Hall–Kier alpha value is -2.58. The molecule has 8 nitrogen and oxygen atoms in total. The van der Waals surface area contributed by atoms with Crippen LogP contribution in [0.2, 0.25) is 0 Å². The van der Waals surface area contributed by atoms with Crippen LogP contribution in [-0.2, 0) is 20.7 Å². The summed E-state index contributed by atoms with van der Waals surface area (Å²) < 4.78 is 9.62. The van der Waals surface area contributed by atoms with Gasteiger partial charge in [-0.2, -0.15) is 0 Å². The zero-order valence-electron chi connectivity index (χ0n) is 12.0. The number of hydrogen-bond acceptors (Lipinski definition) is 7. The number of carboxylic acid groups (broad SMARTS) is 1. The third kappa shape index (κ3) is 4.76. The smallest absolute Gasteiger partial charge is 0.371 e. The first-order chi connectivity index (χ1) is 10.4. The first kappa shape index (κ1) is 17.5. The van der Waals surface area contributed by atoms with Gasteiger partial charge in [-0.05, 0) is 17.7 Å². The maximum atomic E-state index is 11.8. The molecule has 0 aromatic heterocycles. The van der Waals surface area contributed by atoms with Crippen LogP contribution in [0.3, 0.4) is 0 Å². The number of esters is 1. The Bertz CT molecular complexity index is 585. The number of aliphatic carboxylic acids is 1. The first-order valence-corrected chi connectivity index (χ1v) is 6.35. The van der Waals surface area contributed by atoms with E-state index in [-0.39, 0.29) is 18.7 Å². The highest BCUT2D eigenvalue weighted by molar-refractivity contribution is 5.89. The average Bonchev–Trinajstić information content (AvgIpc) is 2.48. The van der Waals surface area contributed by atoms with Gasteiger partial charge in [0.1, 0.15) is 17.5 Å². The maximum absolute atomic E-state index is 11.8. The summed E-state index contributed by atoms with van der Waals surface area (Å²) >= 11 is 0. The number of carbonyl (C=O) groups is 2. The van der Waals surface area contributed by atoms with E-state index in [9.17, 15) is 14.7 Å². The third-order valence-corrected chi connectivity index (χ3v) is 2.76. The van der Waals surface area contributed by atoms with E-state index in [2.05, 4.69) is 4.74 Å². The molecule has 22 heavy (non-hydrogen) atoms. The van der Waals surface area contributed by atoms with Gasteiger partial charge in [0.05, 0.1) is 7.11 Å². The van der Waals surface area contributed by atoms with Crippen molar-refractivity contribution < 1.29 is 29.3 Å². The number of rotatable bonds is 7. The largest absolute Gasteiger partial charge is 0.508 e. The first-order valence-electron chi connectivity index (χ1n) is 6.35. The van der Waals surface area contributed by atoms with E-state index in [1.165, 1.54) is 13.2 Å². The maximum Gasteiger partial charge on any atom is 0.371 e. The predicted octanol–water partition coefficient (Wildman–Crippen LogP) is -0.259. The van der Waals surface area contributed by atoms with Gasteiger partial charge in [0.25, 0.3) is 0 Å². The van der Waals surface area contributed by atoms with Gasteiger partial charge in [0, 0.05) is 19.0 Å². The van der Waals surface area contributed by atoms with Crippen molar-refractivity contribution in [3.8, 4) is 11.5 Å². The van der Waals surface area contributed by atoms with Gasteiger partial charge in [0.2, 0.25) is 5.76 Å². The molecule has 1 unspecified atom stereocenters. The second kappa shape index (κ2) is 8.01. The molecule has 1 aromatic carbocycles. The zero-order chi connectivity index (χ0) is 16.7. The number of methoxy groups -OCH3 is 1. The summed E-state index contributed by atoms with van der Waals surface area (Å²) in [4.78, 5) is 22.6. The Morgan fingerprint density at radius 3 is 2.59 bits per heavy atom. The zero-order valence-corrected chi connectivity index (χ0v) is 12.0. The summed E-state index contributed by atoms with van der Waals surface area (Å²) in [6, 6.07) is 3.39.